The number of hydrogen-bond acceptors (Lipinski definition) is 6. The molecule has 5 fully saturated rings. The van der Waals surface area contributed by atoms with Crippen molar-refractivity contribution in [2.75, 3.05) is 12.4 Å². The van der Waals surface area contributed by atoms with Crippen LogP contribution in [0.2, 0.25) is 0 Å². The van der Waals surface area contributed by atoms with Gasteiger partial charge in [0.15, 0.2) is 0 Å². The van der Waals surface area contributed by atoms with Gasteiger partial charge in [-0.2, -0.15) is 0 Å². The van der Waals surface area contributed by atoms with Gasteiger partial charge in [0.2, 0.25) is 5.16 Å². The molecule has 0 radical (unpaired) electrons. The van der Waals surface area contributed by atoms with Crippen molar-refractivity contribution in [2.24, 2.45) is 23.2 Å². The van der Waals surface area contributed by atoms with E-state index >= 15 is 0 Å². The van der Waals surface area contributed by atoms with Gasteiger partial charge >= 0.3 is 0 Å². The predicted molar refractivity (Wildman–Crippen MR) is 93.1 cm³/mol. The maximum Gasteiger partial charge on any atom is 0.209 e. The third-order valence-corrected chi connectivity index (χ3v) is 7.82. The normalized spacial score (nSPS) is 39.2. The van der Waals surface area contributed by atoms with Gasteiger partial charge < -0.3 is 4.74 Å². The monoisotopic (exact) mass is 362 g/mol. The van der Waals surface area contributed by atoms with Crippen LogP contribution in [0.1, 0.15) is 51.4 Å². The van der Waals surface area contributed by atoms with Crippen molar-refractivity contribution in [3.8, 4) is 0 Å². The zero-order valence-corrected chi connectivity index (χ0v) is 15.4. The maximum absolute atomic E-state index is 13.1. The molecule has 136 valence electrons. The van der Waals surface area contributed by atoms with E-state index in [2.05, 4.69) is 15.5 Å². The van der Waals surface area contributed by atoms with Gasteiger partial charge in [-0.1, -0.05) is 11.8 Å². The minimum atomic E-state index is -0.0193. The number of tetrazole rings is 1. The molecule has 1 saturated heterocycles. The summed E-state index contributed by atoms with van der Waals surface area (Å²) >= 11 is 1.52. The first-order chi connectivity index (χ1) is 12.2. The number of nitrogens with zero attached hydrogens (tertiary/aromatic N) is 4. The van der Waals surface area contributed by atoms with Crippen LogP contribution in [0.15, 0.2) is 5.16 Å². The lowest BCUT2D eigenvalue weighted by atomic mass is 9.48. The van der Waals surface area contributed by atoms with Crippen molar-refractivity contribution in [1.29, 1.82) is 0 Å². The molecule has 25 heavy (non-hydrogen) atoms. The van der Waals surface area contributed by atoms with E-state index < -0.39 is 0 Å². The number of rotatable bonds is 6. The van der Waals surface area contributed by atoms with E-state index in [4.69, 9.17) is 4.74 Å². The van der Waals surface area contributed by atoms with Crippen molar-refractivity contribution in [3.63, 3.8) is 0 Å². The molecule has 5 aliphatic rings. The second-order valence-electron chi connectivity index (χ2n) is 8.69. The van der Waals surface area contributed by atoms with Crippen LogP contribution in [0.4, 0.5) is 0 Å². The molecule has 7 heteroatoms. The molecular formula is C18H26N4O2S. The second kappa shape index (κ2) is 6.34. The molecule has 6 rings (SSSR count). The number of carbonyl (C=O) groups is 1. The number of aromatic nitrogens is 4. The summed E-state index contributed by atoms with van der Waals surface area (Å²) < 4.78 is 7.49. The van der Waals surface area contributed by atoms with Crippen molar-refractivity contribution in [2.45, 2.75) is 69.2 Å². The molecule has 1 aliphatic heterocycles. The molecule has 0 aromatic carbocycles. The largest absolute Gasteiger partial charge is 0.376 e. The highest BCUT2D eigenvalue weighted by atomic mass is 32.2. The lowest BCUT2D eigenvalue weighted by Crippen LogP contribution is -2.50. The maximum atomic E-state index is 13.1. The van der Waals surface area contributed by atoms with E-state index in [0.717, 1.165) is 61.6 Å². The van der Waals surface area contributed by atoms with Gasteiger partial charge in [0.05, 0.1) is 18.4 Å². The van der Waals surface area contributed by atoms with Crippen LogP contribution in [0.25, 0.3) is 0 Å². The molecule has 1 aromatic heterocycles. The Bertz CT molecular complexity index is 620. The number of Topliss-reactive ketones (excluding diaryl/α,β-unsaturated/α-hetero) is 1. The number of thioether (sulfide) groups is 1. The number of ether oxygens (including phenoxy) is 1. The molecule has 1 unspecified atom stereocenters. The summed E-state index contributed by atoms with van der Waals surface area (Å²) in [5.74, 6) is 3.39. The van der Waals surface area contributed by atoms with Crippen molar-refractivity contribution in [1.82, 2.24) is 20.2 Å². The third kappa shape index (κ3) is 3.03. The zero-order valence-electron chi connectivity index (χ0n) is 14.6. The van der Waals surface area contributed by atoms with E-state index in [9.17, 15) is 4.79 Å². The minimum Gasteiger partial charge on any atom is -0.376 e. The Morgan fingerprint density at radius 3 is 2.56 bits per heavy atom. The van der Waals surface area contributed by atoms with Crippen LogP contribution in [-0.4, -0.2) is 44.5 Å². The van der Waals surface area contributed by atoms with Crippen LogP contribution in [0.3, 0.4) is 0 Å². The number of ketones is 1. The second-order valence-corrected chi connectivity index (χ2v) is 9.63. The summed E-state index contributed by atoms with van der Waals surface area (Å²) in [4.78, 5) is 13.1. The van der Waals surface area contributed by atoms with Crippen molar-refractivity contribution >= 4 is 17.5 Å². The Hall–Kier alpha value is -0.950. The molecule has 1 aromatic rings. The molecule has 4 saturated carbocycles. The molecule has 6 nitrogen and oxygen atoms in total. The fourth-order valence-electron chi connectivity index (χ4n) is 6.13. The van der Waals surface area contributed by atoms with Crippen LogP contribution in [0, 0.1) is 23.2 Å². The lowest BCUT2D eigenvalue weighted by molar-refractivity contribution is -0.141. The van der Waals surface area contributed by atoms with Crippen molar-refractivity contribution < 1.29 is 9.53 Å². The Morgan fingerprint density at radius 2 is 1.92 bits per heavy atom. The minimum absolute atomic E-state index is 0.0193. The Labute approximate surface area is 152 Å². The highest BCUT2D eigenvalue weighted by molar-refractivity contribution is 7.99. The molecule has 0 amide bonds. The van der Waals surface area contributed by atoms with Gasteiger partial charge in [-0.3, -0.25) is 4.79 Å². The first-order valence-electron chi connectivity index (χ1n) is 9.74. The summed E-state index contributed by atoms with van der Waals surface area (Å²) in [6.07, 6.45) is 9.92. The highest BCUT2D eigenvalue weighted by Gasteiger charge is 2.54. The number of hydrogen-bond donors (Lipinski definition) is 0. The average Bonchev–Trinajstić information content (AvgIpc) is 3.24. The summed E-state index contributed by atoms with van der Waals surface area (Å²) in [6, 6.07) is 0. The molecular weight excluding hydrogens is 336 g/mol. The predicted octanol–water partition coefficient (Wildman–Crippen LogP) is 2.73. The van der Waals surface area contributed by atoms with Crippen LogP contribution >= 0.6 is 11.8 Å². The van der Waals surface area contributed by atoms with Gasteiger partial charge in [-0.05, 0) is 79.5 Å². The molecule has 4 aliphatic carbocycles. The fourth-order valence-corrected chi connectivity index (χ4v) is 7.05. The van der Waals surface area contributed by atoms with Crippen LogP contribution < -0.4 is 0 Å². The fraction of sp³-hybridized carbons (Fsp3) is 0.889. The third-order valence-electron chi connectivity index (χ3n) is 6.86. The topological polar surface area (TPSA) is 69.9 Å². The summed E-state index contributed by atoms with van der Waals surface area (Å²) in [5.41, 5.74) is -0.0193. The van der Waals surface area contributed by atoms with E-state index in [1.54, 1.807) is 0 Å². The van der Waals surface area contributed by atoms with Gasteiger partial charge in [0.1, 0.15) is 5.78 Å². The average molecular weight is 362 g/mol. The Balaban J connectivity index is 1.23. The van der Waals surface area contributed by atoms with E-state index in [1.165, 1.54) is 31.0 Å². The van der Waals surface area contributed by atoms with Crippen LogP contribution in [0.5, 0.6) is 0 Å². The van der Waals surface area contributed by atoms with Gasteiger partial charge in [0, 0.05) is 12.0 Å². The van der Waals surface area contributed by atoms with Crippen LogP contribution in [-0.2, 0) is 16.1 Å². The van der Waals surface area contributed by atoms with Crippen molar-refractivity contribution in [3.05, 3.63) is 0 Å². The Kier molecular flexibility index (Phi) is 4.12. The smallest absolute Gasteiger partial charge is 0.209 e. The van der Waals surface area contributed by atoms with E-state index in [1.807, 2.05) is 4.68 Å². The number of carbonyl (C=O) groups excluding carboxylic acids is 1. The summed E-state index contributed by atoms with van der Waals surface area (Å²) in [5, 5.41) is 12.8. The van der Waals surface area contributed by atoms with E-state index in [-0.39, 0.29) is 11.5 Å². The van der Waals surface area contributed by atoms with E-state index in [0.29, 0.717) is 18.1 Å². The quantitative estimate of drug-likeness (QED) is 0.725. The first-order valence-corrected chi connectivity index (χ1v) is 10.7. The molecule has 0 N–H and O–H groups in total. The highest BCUT2D eigenvalue weighted by Crippen LogP contribution is 2.60. The van der Waals surface area contributed by atoms with Gasteiger partial charge in [-0.15, -0.1) is 5.10 Å². The molecule has 2 heterocycles. The summed E-state index contributed by atoms with van der Waals surface area (Å²) in [7, 11) is 0. The standard InChI is InChI=1S/C18H26N4O2S/c23-16(18-7-12-4-13(8-18)6-14(5-12)9-18)11-25-17-19-20-21-22(17)10-15-2-1-3-24-15/h12-15H,1-11H2. The molecule has 1 atom stereocenters. The SMILES string of the molecule is O=C(CSc1nnnn1CC1CCCO1)C12CC3CC(CC(C3)C1)C2. The lowest BCUT2D eigenvalue weighted by Gasteiger charge is -2.56. The summed E-state index contributed by atoms with van der Waals surface area (Å²) in [6.45, 7) is 1.53. The van der Waals surface area contributed by atoms with Gasteiger partial charge in [0.25, 0.3) is 0 Å². The molecule has 0 spiro atoms. The zero-order chi connectivity index (χ0) is 16.9. The Morgan fingerprint density at radius 1 is 1.20 bits per heavy atom. The first kappa shape index (κ1) is 16.2. The van der Waals surface area contributed by atoms with Gasteiger partial charge in [-0.25, -0.2) is 4.68 Å². The molecule has 4 bridgehead atoms.